The second-order valence-corrected chi connectivity index (χ2v) is 5.10. The van der Waals surface area contributed by atoms with Gasteiger partial charge in [-0.25, -0.2) is 0 Å². The molecule has 1 aliphatic heterocycles. The van der Waals surface area contributed by atoms with Crippen LogP contribution in [0.2, 0.25) is 0 Å². The highest BCUT2D eigenvalue weighted by Crippen LogP contribution is 2.17. The number of hydrogen-bond acceptors (Lipinski definition) is 3. The number of nitrogens with zero attached hydrogens (tertiary/aromatic N) is 1. The lowest BCUT2D eigenvalue weighted by Crippen LogP contribution is -2.45. The van der Waals surface area contributed by atoms with E-state index in [1.165, 1.54) is 12.3 Å². The Labute approximate surface area is 117 Å². The molecular weight excluding hydrogens is 258 g/mol. The molecule has 6 heteroatoms. The third-order valence-corrected chi connectivity index (χ3v) is 3.61. The number of nitrogens with one attached hydrogen (secondary N) is 2. The Morgan fingerprint density at radius 3 is 2.85 bits per heavy atom. The van der Waals surface area contributed by atoms with Gasteiger partial charge in [0.05, 0.1) is 5.92 Å². The van der Waals surface area contributed by atoms with Gasteiger partial charge in [0.15, 0.2) is 5.43 Å². The van der Waals surface area contributed by atoms with E-state index in [-0.39, 0.29) is 28.7 Å². The molecule has 1 saturated heterocycles. The Morgan fingerprint density at radius 2 is 2.20 bits per heavy atom. The first-order chi connectivity index (χ1) is 9.52. The van der Waals surface area contributed by atoms with Crippen molar-refractivity contribution in [2.45, 2.75) is 19.8 Å². The van der Waals surface area contributed by atoms with Crippen molar-refractivity contribution >= 4 is 11.8 Å². The Morgan fingerprint density at radius 1 is 1.45 bits per heavy atom. The summed E-state index contributed by atoms with van der Waals surface area (Å²) in [6, 6.07) is 1.41. The van der Waals surface area contributed by atoms with E-state index >= 15 is 0 Å². The van der Waals surface area contributed by atoms with E-state index in [9.17, 15) is 14.4 Å². The molecule has 2 rings (SSSR count). The first kappa shape index (κ1) is 14.3. The van der Waals surface area contributed by atoms with Gasteiger partial charge in [-0.1, -0.05) is 0 Å². The summed E-state index contributed by atoms with van der Waals surface area (Å²) in [7, 11) is 1.59. The largest absolute Gasteiger partial charge is 0.364 e. The van der Waals surface area contributed by atoms with Crippen LogP contribution in [0.1, 0.15) is 28.9 Å². The minimum Gasteiger partial charge on any atom is -0.364 e. The van der Waals surface area contributed by atoms with Crippen LogP contribution in [-0.2, 0) is 4.79 Å². The van der Waals surface area contributed by atoms with Crippen LogP contribution < -0.4 is 10.7 Å². The molecule has 0 aromatic carbocycles. The molecule has 0 bridgehead atoms. The second kappa shape index (κ2) is 5.90. The molecule has 20 heavy (non-hydrogen) atoms. The fraction of sp³-hybridized carbons (Fsp3) is 0.500. The van der Waals surface area contributed by atoms with E-state index in [4.69, 9.17) is 0 Å². The van der Waals surface area contributed by atoms with Gasteiger partial charge in [0.25, 0.3) is 5.91 Å². The van der Waals surface area contributed by atoms with Gasteiger partial charge in [-0.05, 0) is 19.8 Å². The van der Waals surface area contributed by atoms with E-state index in [2.05, 4.69) is 10.3 Å². The predicted molar refractivity (Wildman–Crippen MR) is 74.5 cm³/mol. The van der Waals surface area contributed by atoms with Crippen molar-refractivity contribution in [2.24, 2.45) is 5.92 Å². The third-order valence-electron chi connectivity index (χ3n) is 3.61. The molecule has 1 aromatic heterocycles. The highest BCUT2D eigenvalue weighted by Gasteiger charge is 2.29. The number of amides is 2. The van der Waals surface area contributed by atoms with Crippen LogP contribution in [0.5, 0.6) is 0 Å². The molecule has 1 aliphatic rings. The van der Waals surface area contributed by atoms with Crippen molar-refractivity contribution < 1.29 is 9.59 Å². The number of aromatic amines is 1. The maximum absolute atomic E-state index is 12.4. The summed E-state index contributed by atoms with van der Waals surface area (Å²) in [6.07, 6.45) is 2.99. The molecule has 1 fully saturated rings. The summed E-state index contributed by atoms with van der Waals surface area (Å²) in [5.41, 5.74) is 0.565. The zero-order valence-corrected chi connectivity index (χ0v) is 11.7. The van der Waals surface area contributed by atoms with E-state index in [1.807, 2.05) is 0 Å². The monoisotopic (exact) mass is 277 g/mol. The van der Waals surface area contributed by atoms with Gasteiger partial charge >= 0.3 is 0 Å². The maximum Gasteiger partial charge on any atom is 0.259 e. The lowest BCUT2D eigenvalue weighted by Gasteiger charge is -2.31. The van der Waals surface area contributed by atoms with Gasteiger partial charge in [0.1, 0.15) is 5.56 Å². The van der Waals surface area contributed by atoms with Crippen molar-refractivity contribution in [2.75, 3.05) is 20.1 Å². The number of hydrogen-bond donors (Lipinski definition) is 2. The van der Waals surface area contributed by atoms with Crippen molar-refractivity contribution in [1.82, 2.24) is 15.2 Å². The van der Waals surface area contributed by atoms with Gasteiger partial charge in [0.2, 0.25) is 5.91 Å². The Balaban J connectivity index is 2.16. The topological polar surface area (TPSA) is 82.3 Å². The maximum atomic E-state index is 12.4. The first-order valence-corrected chi connectivity index (χ1v) is 6.73. The van der Waals surface area contributed by atoms with Crippen molar-refractivity contribution in [3.05, 3.63) is 33.7 Å². The Bertz CT molecular complexity index is 579. The molecule has 0 aliphatic carbocycles. The summed E-state index contributed by atoms with van der Waals surface area (Å²) in [6.45, 7) is 2.71. The van der Waals surface area contributed by atoms with Crippen molar-refractivity contribution in [3.63, 3.8) is 0 Å². The fourth-order valence-corrected chi connectivity index (χ4v) is 2.49. The molecule has 1 atom stereocenters. The summed E-state index contributed by atoms with van der Waals surface area (Å²) in [4.78, 5) is 40.3. The Hall–Kier alpha value is -2.11. The van der Waals surface area contributed by atoms with E-state index in [0.29, 0.717) is 18.8 Å². The minimum absolute atomic E-state index is 0.0553. The molecule has 108 valence electrons. The highest BCUT2D eigenvalue weighted by atomic mass is 16.2. The third kappa shape index (κ3) is 2.89. The number of carbonyl (C=O) groups is 2. The number of aromatic nitrogens is 1. The van der Waals surface area contributed by atoms with Gasteiger partial charge in [-0.2, -0.15) is 0 Å². The molecule has 6 nitrogen and oxygen atoms in total. The molecule has 0 spiro atoms. The number of H-pyrrole nitrogens is 1. The van der Waals surface area contributed by atoms with Crippen LogP contribution in [-0.4, -0.2) is 41.8 Å². The second-order valence-electron chi connectivity index (χ2n) is 5.10. The zero-order chi connectivity index (χ0) is 14.7. The van der Waals surface area contributed by atoms with E-state index < -0.39 is 0 Å². The van der Waals surface area contributed by atoms with Crippen molar-refractivity contribution in [3.8, 4) is 0 Å². The summed E-state index contributed by atoms with van der Waals surface area (Å²) in [5.74, 6) is -0.553. The number of rotatable bonds is 2. The lowest BCUT2D eigenvalue weighted by molar-refractivity contribution is -0.125. The van der Waals surface area contributed by atoms with E-state index in [1.54, 1.807) is 18.9 Å². The molecule has 1 unspecified atom stereocenters. The smallest absolute Gasteiger partial charge is 0.259 e. The molecule has 2 amide bonds. The molecule has 1 aromatic rings. The summed E-state index contributed by atoms with van der Waals surface area (Å²) in [5, 5.41) is 2.61. The summed E-state index contributed by atoms with van der Waals surface area (Å²) < 4.78 is 0. The average molecular weight is 277 g/mol. The van der Waals surface area contributed by atoms with Gasteiger partial charge < -0.3 is 15.2 Å². The van der Waals surface area contributed by atoms with Crippen LogP contribution in [0.4, 0.5) is 0 Å². The highest BCUT2D eigenvalue weighted by molar-refractivity contribution is 5.94. The quantitative estimate of drug-likeness (QED) is 0.814. The molecule has 2 N–H and O–H groups in total. The molecular formula is C14H19N3O3. The fourth-order valence-electron chi connectivity index (χ4n) is 2.49. The average Bonchev–Trinajstić information content (AvgIpc) is 2.46. The normalized spacial score (nSPS) is 18.7. The SMILES string of the molecule is CNC(=O)C1CCCN(C(=O)c2c[nH]c(C)cc2=O)C1. The minimum atomic E-state index is -0.306. The zero-order valence-electron chi connectivity index (χ0n) is 11.7. The van der Waals surface area contributed by atoms with Crippen LogP contribution in [0, 0.1) is 12.8 Å². The lowest BCUT2D eigenvalue weighted by atomic mass is 9.96. The van der Waals surface area contributed by atoms with Gasteiger partial charge in [-0.15, -0.1) is 0 Å². The summed E-state index contributed by atoms with van der Waals surface area (Å²) >= 11 is 0. The number of aryl methyl sites for hydroxylation is 1. The van der Waals surface area contributed by atoms with Crippen LogP contribution in [0.3, 0.4) is 0 Å². The molecule has 0 saturated carbocycles. The number of pyridine rings is 1. The Kier molecular flexibility index (Phi) is 4.22. The van der Waals surface area contributed by atoms with Crippen LogP contribution in [0.25, 0.3) is 0 Å². The number of piperidine rings is 1. The van der Waals surface area contributed by atoms with Gasteiger partial charge in [-0.3, -0.25) is 14.4 Å². The number of carbonyl (C=O) groups excluding carboxylic acids is 2. The van der Waals surface area contributed by atoms with Crippen LogP contribution >= 0.6 is 0 Å². The molecule has 0 radical (unpaired) electrons. The van der Waals surface area contributed by atoms with Crippen molar-refractivity contribution in [1.29, 1.82) is 0 Å². The standard InChI is InChI=1S/C14H19N3O3/c1-9-6-12(18)11(7-16-9)14(20)17-5-3-4-10(8-17)13(19)15-2/h6-7,10H,3-5,8H2,1-2H3,(H,15,19)(H,16,18). The first-order valence-electron chi connectivity index (χ1n) is 6.73. The predicted octanol–water partition coefficient (Wildman–Crippen LogP) is 0.282. The van der Waals surface area contributed by atoms with Crippen LogP contribution in [0.15, 0.2) is 17.1 Å². The van der Waals surface area contributed by atoms with E-state index in [0.717, 1.165) is 12.8 Å². The van der Waals surface area contributed by atoms with Gasteiger partial charge in [0, 0.05) is 38.1 Å². The molecule has 2 heterocycles. The number of likely N-dealkylation sites (tertiary alicyclic amines) is 1.